The summed E-state index contributed by atoms with van der Waals surface area (Å²) in [4.78, 5) is 11.6. The first kappa shape index (κ1) is 17.2. The Kier molecular flexibility index (Phi) is 4.45. The summed E-state index contributed by atoms with van der Waals surface area (Å²) >= 11 is 0. The SMILES string of the molecule is O=S(c1ccncc1)c1ccc(N2CCCC2)c(-c2cc3ccccc3[nH]2)c1. The molecule has 1 aliphatic heterocycles. The van der Waals surface area contributed by atoms with Crippen LogP contribution in [0.1, 0.15) is 12.8 Å². The van der Waals surface area contributed by atoms with Crippen molar-refractivity contribution in [2.24, 2.45) is 0 Å². The Morgan fingerprint density at radius 3 is 2.46 bits per heavy atom. The fourth-order valence-corrected chi connectivity index (χ4v) is 4.95. The van der Waals surface area contributed by atoms with Crippen molar-refractivity contribution < 1.29 is 4.21 Å². The number of para-hydroxylation sites is 1. The number of pyridine rings is 1. The Morgan fingerprint density at radius 2 is 1.68 bits per heavy atom. The number of hydrogen-bond acceptors (Lipinski definition) is 3. The summed E-state index contributed by atoms with van der Waals surface area (Å²) in [5.74, 6) is 0. The number of nitrogens with zero attached hydrogens (tertiary/aromatic N) is 2. The van der Waals surface area contributed by atoms with E-state index in [9.17, 15) is 4.21 Å². The van der Waals surface area contributed by atoms with E-state index in [1.54, 1.807) is 12.4 Å². The third-order valence-electron chi connectivity index (χ3n) is 5.31. The van der Waals surface area contributed by atoms with Crippen LogP contribution in [0.2, 0.25) is 0 Å². The fourth-order valence-electron chi connectivity index (χ4n) is 3.90. The highest BCUT2D eigenvalue weighted by molar-refractivity contribution is 7.85. The average Bonchev–Trinajstić information content (AvgIpc) is 3.43. The number of nitrogens with one attached hydrogen (secondary N) is 1. The van der Waals surface area contributed by atoms with Gasteiger partial charge in [0.25, 0.3) is 0 Å². The number of aromatic amines is 1. The maximum atomic E-state index is 13.1. The van der Waals surface area contributed by atoms with Crippen LogP contribution in [-0.4, -0.2) is 27.3 Å². The average molecular weight is 388 g/mol. The predicted octanol–water partition coefficient (Wildman–Crippen LogP) is 5.00. The summed E-state index contributed by atoms with van der Waals surface area (Å²) in [7, 11) is -1.23. The highest BCUT2D eigenvalue weighted by Crippen LogP contribution is 2.36. The minimum Gasteiger partial charge on any atom is -0.371 e. The molecule has 0 spiro atoms. The van der Waals surface area contributed by atoms with Gasteiger partial charge in [-0.2, -0.15) is 0 Å². The summed E-state index contributed by atoms with van der Waals surface area (Å²) in [6.07, 6.45) is 5.81. The fraction of sp³-hybridized carbons (Fsp3) is 0.174. The zero-order valence-corrected chi connectivity index (χ0v) is 16.3. The summed E-state index contributed by atoms with van der Waals surface area (Å²) in [6, 6.07) is 20.3. The second-order valence-corrected chi connectivity index (χ2v) is 8.58. The molecule has 0 saturated carbocycles. The number of hydrogen-bond donors (Lipinski definition) is 1. The summed E-state index contributed by atoms with van der Waals surface area (Å²) in [5, 5.41) is 1.19. The second kappa shape index (κ2) is 7.24. The van der Waals surface area contributed by atoms with Crippen molar-refractivity contribution >= 4 is 27.4 Å². The van der Waals surface area contributed by atoms with Crippen molar-refractivity contribution in [3.63, 3.8) is 0 Å². The number of benzene rings is 2. The van der Waals surface area contributed by atoms with Gasteiger partial charge in [0, 0.05) is 63.1 Å². The van der Waals surface area contributed by atoms with Gasteiger partial charge in [-0.05, 0) is 55.3 Å². The van der Waals surface area contributed by atoms with Crippen molar-refractivity contribution in [2.45, 2.75) is 22.6 Å². The van der Waals surface area contributed by atoms with Crippen molar-refractivity contribution in [2.75, 3.05) is 18.0 Å². The molecule has 1 N–H and O–H groups in total. The van der Waals surface area contributed by atoms with Crippen LogP contribution >= 0.6 is 0 Å². The van der Waals surface area contributed by atoms with E-state index in [2.05, 4.69) is 51.3 Å². The Labute approximate surface area is 166 Å². The van der Waals surface area contributed by atoms with E-state index in [-0.39, 0.29) is 0 Å². The number of aromatic nitrogens is 2. The molecule has 1 atom stereocenters. The van der Waals surface area contributed by atoms with Gasteiger partial charge in [-0.1, -0.05) is 18.2 Å². The van der Waals surface area contributed by atoms with Crippen molar-refractivity contribution in [1.29, 1.82) is 0 Å². The van der Waals surface area contributed by atoms with Crippen molar-refractivity contribution in [3.05, 3.63) is 73.1 Å². The lowest BCUT2D eigenvalue weighted by molar-refractivity contribution is 0.683. The number of H-pyrrole nitrogens is 1. The van der Waals surface area contributed by atoms with E-state index in [4.69, 9.17) is 0 Å². The molecule has 5 rings (SSSR count). The lowest BCUT2D eigenvalue weighted by Gasteiger charge is -2.21. The monoisotopic (exact) mass is 387 g/mol. The molecular weight excluding hydrogens is 366 g/mol. The molecule has 1 aliphatic rings. The van der Waals surface area contributed by atoms with E-state index in [1.807, 2.05) is 24.3 Å². The van der Waals surface area contributed by atoms with Gasteiger partial charge in [0.2, 0.25) is 0 Å². The molecule has 0 bridgehead atoms. The molecule has 1 fully saturated rings. The van der Waals surface area contributed by atoms with Gasteiger partial charge in [-0.25, -0.2) is 4.21 Å². The quantitative estimate of drug-likeness (QED) is 0.536. The predicted molar refractivity (Wildman–Crippen MR) is 114 cm³/mol. The van der Waals surface area contributed by atoms with Gasteiger partial charge in [0.15, 0.2) is 0 Å². The normalized spacial score (nSPS) is 15.2. The lowest BCUT2D eigenvalue weighted by Crippen LogP contribution is -2.18. The van der Waals surface area contributed by atoms with E-state index >= 15 is 0 Å². The lowest BCUT2D eigenvalue weighted by atomic mass is 10.1. The zero-order valence-electron chi connectivity index (χ0n) is 15.5. The van der Waals surface area contributed by atoms with Crippen LogP contribution in [0.25, 0.3) is 22.2 Å². The molecule has 4 nitrogen and oxygen atoms in total. The first-order valence-corrected chi connectivity index (χ1v) is 10.7. The molecule has 0 amide bonds. The molecule has 2 aromatic carbocycles. The van der Waals surface area contributed by atoms with E-state index in [1.165, 1.54) is 23.9 Å². The van der Waals surface area contributed by atoms with Crippen LogP contribution in [0, 0.1) is 0 Å². The Balaban J connectivity index is 1.64. The molecule has 1 unspecified atom stereocenters. The molecule has 28 heavy (non-hydrogen) atoms. The maximum Gasteiger partial charge on any atom is 0.0850 e. The molecule has 0 aliphatic carbocycles. The van der Waals surface area contributed by atoms with Gasteiger partial charge in [0.05, 0.1) is 10.8 Å². The molecule has 1 saturated heterocycles. The van der Waals surface area contributed by atoms with Crippen LogP contribution < -0.4 is 4.90 Å². The van der Waals surface area contributed by atoms with Crippen LogP contribution in [-0.2, 0) is 10.8 Å². The van der Waals surface area contributed by atoms with Crippen molar-refractivity contribution in [1.82, 2.24) is 9.97 Å². The first-order chi connectivity index (χ1) is 13.8. The van der Waals surface area contributed by atoms with Crippen molar-refractivity contribution in [3.8, 4) is 11.3 Å². The van der Waals surface area contributed by atoms with Crippen LogP contribution in [0.3, 0.4) is 0 Å². The number of rotatable bonds is 4. The van der Waals surface area contributed by atoms with Crippen LogP contribution in [0.5, 0.6) is 0 Å². The summed E-state index contributed by atoms with van der Waals surface area (Å²) in [5.41, 5.74) is 4.50. The number of anilines is 1. The smallest absolute Gasteiger partial charge is 0.0850 e. The first-order valence-electron chi connectivity index (χ1n) is 9.58. The molecule has 5 heteroatoms. The van der Waals surface area contributed by atoms with Crippen LogP contribution in [0.15, 0.2) is 82.8 Å². The van der Waals surface area contributed by atoms with Gasteiger partial charge >= 0.3 is 0 Å². The maximum absolute atomic E-state index is 13.1. The standard InChI is InChI=1S/C23H21N3OS/c27-28(18-9-11-24-12-10-18)19-7-8-23(26-13-3-4-14-26)20(16-19)22-15-17-5-1-2-6-21(17)25-22/h1-2,5-12,15-16,25H,3-4,13-14H2. The highest BCUT2D eigenvalue weighted by atomic mass is 32.2. The van der Waals surface area contributed by atoms with Gasteiger partial charge in [-0.15, -0.1) is 0 Å². The Bertz CT molecular complexity index is 1110. The van der Waals surface area contributed by atoms with Gasteiger partial charge < -0.3 is 9.88 Å². The number of fused-ring (bicyclic) bond motifs is 1. The minimum absolute atomic E-state index is 0.770. The van der Waals surface area contributed by atoms with Crippen LogP contribution in [0.4, 0.5) is 5.69 Å². The highest BCUT2D eigenvalue weighted by Gasteiger charge is 2.19. The Morgan fingerprint density at radius 1 is 0.893 bits per heavy atom. The van der Waals surface area contributed by atoms with Gasteiger partial charge in [-0.3, -0.25) is 4.98 Å². The molecule has 3 heterocycles. The third kappa shape index (κ3) is 3.12. The van der Waals surface area contributed by atoms with E-state index in [0.717, 1.165) is 39.7 Å². The second-order valence-electron chi connectivity index (χ2n) is 7.10. The molecule has 4 aromatic rings. The summed E-state index contributed by atoms with van der Waals surface area (Å²) < 4.78 is 13.1. The zero-order chi connectivity index (χ0) is 18.9. The van der Waals surface area contributed by atoms with E-state index in [0.29, 0.717) is 0 Å². The minimum atomic E-state index is -1.23. The van der Waals surface area contributed by atoms with Gasteiger partial charge in [0.1, 0.15) is 0 Å². The molecule has 0 radical (unpaired) electrons. The molecular formula is C23H21N3OS. The molecule has 2 aromatic heterocycles. The summed E-state index contributed by atoms with van der Waals surface area (Å²) in [6.45, 7) is 2.14. The third-order valence-corrected chi connectivity index (χ3v) is 6.70. The topological polar surface area (TPSA) is 49.0 Å². The molecule has 140 valence electrons. The largest absolute Gasteiger partial charge is 0.371 e. The van der Waals surface area contributed by atoms with E-state index < -0.39 is 10.8 Å². The Hall–Kier alpha value is -2.92.